The van der Waals surface area contributed by atoms with Crippen molar-refractivity contribution in [1.82, 2.24) is 10.2 Å². The summed E-state index contributed by atoms with van der Waals surface area (Å²) in [6.07, 6.45) is 0. The molecule has 1 saturated heterocycles. The molecular formula is C13H28IN3O2S. The molecule has 1 aliphatic rings. The molecule has 1 fully saturated rings. The van der Waals surface area contributed by atoms with Gasteiger partial charge in [0.25, 0.3) is 0 Å². The fraction of sp³-hybridized carbons (Fsp3) is 0.923. The Bertz CT molecular complexity index is 453. The van der Waals surface area contributed by atoms with Crippen molar-refractivity contribution in [2.75, 3.05) is 32.4 Å². The first-order chi connectivity index (χ1) is 8.48. The number of nitrogens with zero attached hydrogens (tertiary/aromatic N) is 2. The summed E-state index contributed by atoms with van der Waals surface area (Å²) >= 11 is 0. The fourth-order valence-electron chi connectivity index (χ4n) is 2.00. The summed E-state index contributed by atoms with van der Waals surface area (Å²) < 4.78 is 23.3. The lowest BCUT2D eigenvalue weighted by atomic mass is 9.97. The van der Waals surface area contributed by atoms with Gasteiger partial charge in [-0.2, -0.15) is 0 Å². The molecule has 7 heteroatoms. The van der Waals surface area contributed by atoms with Crippen molar-refractivity contribution < 1.29 is 8.42 Å². The van der Waals surface area contributed by atoms with Crippen molar-refractivity contribution in [3.05, 3.63) is 0 Å². The minimum Gasteiger partial charge on any atom is -0.356 e. The van der Waals surface area contributed by atoms with E-state index in [0.29, 0.717) is 13.1 Å². The summed E-state index contributed by atoms with van der Waals surface area (Å²) in [5, 5.41) is 3.33. The van der Waals surface area contributed by atoms with Crippen molar-refractivity contribution in [3.8, 4) is 0 Å². The molecule has 0 saturated carbocycles. The van der Waals surface area contributed by atoms with Gasteiger partial charge in [-0.25, -0.2) is 8.42 Å². The van der Waals surface area contributed by atoms with Gasteiger partial charge in [0.15, 0.2) is 15.8 Å². The number of nitrogens with one attached hydrogen (secondary N) is 1. The van der Waals surface area contributed by atoms with Crippen LogP contribution >= 0.6 is 24.0 Å². The molecule has 1 N–H and O–H groups in total. The molecule has 5 nitrogen and oxygen atoms in total. The normalized spacial score (nSPS) is 22.1. The lowest BCUT2D eigenvalue weighted by Gasteiger charge is -2.39. The minimum atomic E-state index is -3.00. The fourth-order valence-corrected chi connectivity index (χ4v) is 3.37. The van der Waals surface area contributed by atoms with Crippen LogP contribution in [0.5, 0.6) is 0 Å². The molecule has 0 unspecified atom stereocenters. The molecular weight excluding hydrogens is 389 g/mol. The lowest BCUT2D eigenvalue weighted by Crippen LogP contribution is -2.57. The Hall–Kier alpha value is -0.0500. The van der Waals surface area contributed by atoms with Crippen LogP contribution < -0.4 is 5.32 Å². The van der Waals surface area contributed by atoms with Crippen LogP contribution in [0.2, 0.25) is 0 Å². The highest BCUT2D eigenvalue weighted by Crippen LogP contribution is 2.23. The molecule has 0 atom stereocenters. The van der Waals surface area contributed by atoms with Crippen molar-refractivity contribution in [2.24, 2.45) is 10.4 Å². The molecule has 0 amide bonds. The van der Waals surface area contributed by atoms with E-state index in [9.17, 15) is 8.42 Å². The molecule has 0 spiro atoms. The molecule has 0 aromatic carbocycles. The second kappa shape index (κ2) is 6.81. The predicted octanol–water partition coefficient (Wildman–Crippen LogP) is 1.73. The van der Waals surface area contributed by atoms with E-state index in [1.54, 1.807) is 20.9 Å². The first-order valence-corrected chi connectivity index (χ1v) is 8.32. The van der Waals surface area contributed by atoms with E-state index in [-0.39, 0.29) is 35.1 Å². The Morgan fingerprint density at radius 1 is 1.35 bits per heavy atom. The van der Waals surface area contributed by atoms with Gasteiger partial charge in [0, 0.05) is 26.7 Å². The van der Waals surface area contributed by atoms with Crippen LogP contribution in [0.1, 0.15) is 34.6 Å². The second-order valence-electron chi connectivity index (χ2n) is 6.96. The van der Waals surface area contributed by atoms with Gasteiger partial charge < -0.3 is 10.2 Å². The van der Waals surface area contributed by atoms with E-state index in [4.69, 9.17) is 0 Å². The van der Waals surface area contributed by atoms with Crippen LogP contribution in [0, 0.1) is 5.41 Å². The Morgan fingerprint density at radius 2 is 1.90 bits per heavy atom. The number of guanidine groups is 1. The average Bonchev–Trinajstić information content (AvgIpc) is 2.22. The third-order valence-electron chi connectivity index (χ3n) is 3.33. The zero-order valence-corrected chi connectivity index (χ0v) is 16.5. The van der Waals surface area contributed by atoms with Gasteiger partial charge in [-0.3, -0.25) is 4.99 Å². The van der Waals surface area contributed by atoms with E-state index in [2.05, 4.69) is 31.1 Å². The lowest BCUT2D eigenvalue weighted by molar-refractivity contribution is 0.340. The minimum absolute atomic E-state index is 0. The number of hydrogen-bond donors (Lipinski definition) is 1. The summed E-state index contributed by atoms with van der Waals surface area (Å²) in [5.74, 6) is 0.980. The van der Waals surface area contributed by atoms with Crippen LogP contribution in [0.15, 0.2) is 4.99 Å². The van der Waals surface area contributed by atoms with Gasteiger partial charge in [0.2, 0.25) is 0 Å². The highest BCUT2D eigenvalue weighted by molar-refractivity contribution is 14.0. The first-order valence-electron chi connectivity index (χ1n) is 6.66. The molecule has 1 heterocycles. The number of hydrogen-bond acceptors (Lipinski definition) is 3. The number of aliphatic imine (C=N–C) groups is 1. The molecule has 0 radical (unpaired) electrons. The zero-order valence-electron chi connectivity index (χ0n) is 13.4. The number of halogens is 1. The largest absolute Gasteiger partial charge is 0.356 e. The third-order valence-corrected chi connectivity index (χ3v) is 5.86. The summed E-state index contributed by atoms with van der Waals surface area (Å²) in [7, 11) is -1.27. The summed E-state index contributed by atoms with van der Waals surface area (Å²) in [5.41, 5.74) is 0.160. The third kappa shape index (κ3) is 5.05. The van der Waals surface area contributed by atoms with Crippen molar-refractivity contribution in [3.63, 3.8) is 0 Å². The smallest absolute Gasteiger partial charge is 0.193 e. The SMILES string of the molecule is CN=C(NCC(C)(C)C)N1CCS(=O)(=O)C(C)(C)C1.I. The quantitative estimate of drug-likeness (QED) is 0.401. The average molecular weight is 417 g/mol. The van der Waals surface area contributed by atoms with E-state index in [0.717, 1.165) is 12.5 Å². The molecule has 0 aliphatic carbocycles. The van der Waals surface area contributed by atoms with Crippen LogP contribution in [-0.4, -0.2) is 56.5 Å². The van der Waals surface area contributed by atoms with Crippen molar-refractivity contribution in [2.45, 2.75) is 39.4 Å². The number of sulfone groups is 1. The molecule has 0 aromatic rings. The highest BCUT2D eigenvalue weighted by atomic mass is 127. The zero-order chi connectivity index (χ0) is 14.9. The number of rotatable bonds is 1. The standard InChI is InChI=1S/C13H27N3O2S.HI/c1-12(2,3)9-15-11(14-6)16-7-8-19(17,18)13(4,5)10-16;/h7-10H2,1-6H3,(H,14,15);1H. The summed E-state index contributed by atoms with van der Waals surface area (Å²) in [6.45, 7) is 11.8. The summed E-state index contributed by atoms with van der Waals surface area (Å²) in [6, 6.07) is 0. The maximum absolute atomic E-state index is 12.0. The highest BCUT2D eigenvalue weighted by Gasteiger charge is 2.41. The van der Waals surface area contributed by atoms with Gasteiger partial charge in [0.05, 0.1) is 10.5 Å². The van der Waals surface area contributed by atoms with Gasteiger partial charge >= 0.3 is 0 Å². The van der Waals surface area contributed by atoms with Crippen LogP contribution in [0.4, 0.5) is 0 Å². The van der Waals surface area contributed by atoms with Gasteiger partial charge in [-0.15, -0.1) is 24.0 Å². The first kappa shape index (κ1) is 19.9. The molecule has 1 rings (SSSR count). The van der Waals surface area contributed by atoms with Crippen LogP contribution in [-0.2, 0) is 9.84 Å². The molecule has 20 heavy (non-hydrogen) atoms. The Balaban J connectivity index is 0.00000361. The Labute approximate surface area is 140 Å². The molecule has 120 valence electrons. The van der Waals surface area contributed by atoms with Gasteiger partial charge in [-0.05, 0) is 19.3 Å². The van der Waals surface area contributed by atoms with Gasteiger partial charge in [0.1, 0.15) is 0 Å². The van der Waals surface area contributed by atoms with Gasteiger partial charge in [-0.1, -0.05) is 20.8 Å². The van der Waals surface area contributed by atoms with E-state index >= 15 is 0 Å². The van der Waals surface area contributed by atoms with Crippen molar-refractivity contribution in [1.29, 1.82) is 0 Å². The van der Waals surface area contributed by atoms with Crippen LogP contribution in [0.25, 0.3) is 0 Å². The molecule has 0 bridgehead atoms. The second-order valence-corrected chi connectivity index (χ2v) is 9.70. The van der Waals surface area contributed by atoms with Crippen molar-refractivity contribution >= 4 is 39.8 Å². The van der Waals surface area contributed by atoms with Crippen LogP contribution in [0.3, 0.4) is 0 Å². The Kier molecular flexibility index (Phi) is 6.79. The van der Waals surface area contributed by atoms with E-state index in [1.165, 1.54) is 0 Å². The maximum Gasteiger partial charge on any atom is 0.193 e. The maximum atomic E-state index is 12.0. The predicted molar refractivity (Wildman–Crippen MR) is 95.7 cm³/mol. The summed E-state index contributed by atoms with van der Waals surface area (Å²) in [4.78, 5) is 6.30. The van der Waals surface area contributed by atoms with E-state index < -0.39 is 14.6 Å². The Morgan fingerprint density at radius 3 is 2.30 bits per heavy atom. The molecule has 0 aromatic heterocycles. The van der Waals surface area contributed by atoms with E-state index in [1.807, 2.05) is 4.90 Å². The monoisotopic (exact) mass is 417 g/mol. The topological polar surface area (TPSA) is 61.8 Å². The molecule has 1 aliphatic heterocycles.